The monoisotopic (exact) mass is 268 g/mol. The smallest absolute Gasteiger partial charge is 0.214 e. The molecule has 0 heterocycles. The Kier molecular flexibility index (Phi) is 8.71. The summed E-state index contributed by atoms with van der Waals surface area (Å²) in [5, 5.41) is 0. The van der Waals surface area contributed by atoms with Crippen LogP contribution in [0.1, 0.15) is 20.3 Å². The first-order chi connectivity index (χ1) is 7.91. The van der Waals surface area contributed by atoms with E-state index in [0.717, 1.165) is 0 Å². The molecule has 0 aliphatic rings. The van der Waals surface area contributed by atoms with Crippen molar-refractivity contribution >= 4 is 10.0 Å². The van der Waals surface area contributed by atoms with Crippen LogP contribution in [0.4, 0.5) is 0 Å². The molecule has 0 amide bonds. The zero-order valence-electron chi connectivity index (χ0n) is 10.8. The van der Waals surface area contributed by atoms with Crippen molar-refractivity contribution in [3.63, 3.8) is 0 Å². The quantitative estimate of drug-likeness (QED) is 0.567. The summed E-state index contributed by atoms with van der Waals surface area (Å²) in [5.41, 5.74) is 5.48. The Bertz CT molecular complexity index is 280. The maximum absolute atomic E-state index is 11.7. The third-order valence-electron chi connectivity index (χ3n) is 2.10. The lowest BCUT2D eigenvalue weighted by atomic mass is 10.2. The molecule has 0 spiro atoms. The summed E-state index contributed by atoms with van der Waals surface area (Å²) in [7, 11) is -1.76. The maximum Gasteiger partial charge on any atom is 0.214 e. The van der Waals surface area contributed by atoms with Gasteiger partial charge in [-0.2, -0.15) is 0 Å². The zero-order chi connectivity index (χ0) is 13.3. The van der Waals surface area contributed by atoms with Gasteiger partial charge in [0, 0.05) is 26.3 Å². The van der Waals surface area contributed by atoms with Gasteiger partial charge in [0.15, 0.2) is 0 Å². The van der Waals surface area contributed by atoms with Gasteiger partial charge in [0.2, 0.25) is 10.0 Å². The van der Waals surface area contributed by atoms with Gasteiger partial charge in [-0.15, -0.1) is 0 Å². The Morgan fingerprint density at radius 3 is 2.41 bits per heavy atom. The molecule has 1 unspecified atom stereocenters. The Morgan fingerprint density at radius 2 is 1.94 bits per heavy atom. The van der Waals surface area contributed by atoms with Crippen LogP contribution in [0.25, 0.3) is 0 Å². The molecule has 17 heavy (non-hydrogen) atoms. The first-order valence-electron chi connectivity index (χ1n) is 5.72. The molecule has 0 saturated carbocycles. The third-order valence-corrected chi connectivity index (χ3v) is 3.50. The van der Waals surface area contributed by atoms with Crippen molar-refractivity contribution in [3.05, 3.63) is 0 Å². The van der Waals surface area contributed by atoms with Gasteiger partial charge in [-0.3, -0.25) is 0 Å². The highest BCUT2D eigenvalue weighted by molar-refractivity contribution is 7.89. The number of nitrogens with one attached hydrogen (secondary N) is 1. The molecule has 104 valence electrons. The van der Waals surface area contributed by atoms with Gasteiger partial charge in [0.25, 0.3) is 0 Å². The summed E-state index contributed by atoms with van der Waals surface area (Å²) in [5.74, 6) is -0.0470. The van der Waals surface area contributed by atoms with Crippen LogP contribution < -0.4 is 10.5 Å². The average Bonchev–Trinajstić information content (AvgIpc) is 2.23. The van der Waals surface area contributed by atoms with E-state index in [-0.39, 0.29) is 31.1 Å². The number of methoxy groups -OCH3 is 1. The van der Waals surface area contributed by atoms with Crippen LogP contribution in [-0.2, 0) is 19.5 Å². The number of hydrogen-bond donors (Lipinski definition) is 2. The molecular formula is C10H24N2O4S. The van der Waals surface area contributed by atoms with E-state index in [1.54, 1.807) is 7.11 Å². The van der Waals surface area contributed by atoms with Gasteiger partial charge >= 0.3 is 0 Å². The molecule has 0 rings (SSSR count). The lowest BCUT2D eigenvalue weighted by Crippen LogP contribution is -2.42. The van der Waals surface area contributed by atoms with Crippen LogP contribution in [0.3, 0.4) is 0 Å². The number of nitrogens with two attached hydrogens (primary N) is 1. The van der Waals surface area contributed by atoms with E-state index in [4.69, 9.17) is 15.2 Å². The van der Waals surface area contributed by atoms with Gasteiger partial charge < -0.3 is 15.2 Å². The largest absolute Gasteiger partial charge is 0.385 e. The molecule has 7 heteroatoms. The molecule has 0 aromatic carbocycles. The Balaban J connectivity index is 4.03. The van der Waals surface area contributed by atoms with Crippen LogP contribution in [0.5, 0.6) is 0 Å². The van der Waals surface area contributed by atoms with Gasteiger partial charge in [-0.1, -0.05) is 0 Å². The summed E-state index contributed by atoms with van der Waals surface area (Å²) < 4.78 is 35.9. The van der Waals surface area contributed by atoms with Gasteiger partial charge in [-0.25, -0.2) is 13.1 Å². The van der Waals surface area contributed by atoms with Crippen molar-refractivity contribution in [2.45, 2.75) is 32.4 Å². The van der Waals surface area contributed by atoms with E-state index in [0.29, 0.717) is 13.0 Å². The van der Waals surface area contributed by atoms with E-state index in [1.807, 2.05) is 13.8 Å². The molecule has 3 N–H and O–H groups in total. The third kappa shape index (κ3) is 9.49. The number of rotatable bonds is 10. The molecule has 6 nitrogen and oxygen atoms in total. The minimum Gasteiger partial charge on any atom is -0.385 e. The highest BCUT2D eigenvalue weighted by Gasteiger charge is 2.16. The van der Waals surface area contributed by atoms with Crippen molar-refractivity contribution in [3.8, 4) is 0 Å². The second-order valence-corrected chi connectivity index (χ2v) is 5.94. The summed E-state index contributed by atoms with van der Waals surface area (Å²) >= 11 is 0. The zero-order valence-corrected chi connectivity index (χ0v) is 11.6. The van der Waals surface area contributed by atoms with Crippen LogP contribution in [0, 0.1) is 0 Å². The number of hydrogen-bond acceptors (Lipinski definition) is 5. The molecule has 0 aliphatic heterocycles. The summed E-state index contributed by atoms with van der Waals surface area (Å²) in [6.45, 7) is 4.65. The van der Waals surface area contributed by atoms with Crippen molar-refractivity contribution in [2.24, 2.45) is 5.73 Å². The van der Waals surface area contributed by atoms with Crippen LogP contribution in [0.15, 0.2) is 0 Å². The topological polar surface area (TPSA) is 90.6 Å². The van der Waals surface area contributed by atoms with Crippen LogP contribution in [-0.4, -0.2) is 53.2 Å². The van der Waals surface area contributed by atoms with Gasteiger partial charge in [-0.05, 0) is 20.3 Å². The molecule has 0 bridgehead atoms. The molecule has 0 aromatic rings. The first kappa shape index (κ1) is 16.8. The van der Waals surface area contributed by atoms with Crippen molar-refractivity contribution in [1.82, 2.24) is 4.72 Å². The lowest BCUT2D eigenvalue weighted by molar-refractivity contribution is 0.0911. The van der Waals surface area contributed by atoms with E-state index in [2.05, 4.69) is 4.72 Å². The molecule has 0 fully saturated rings. The number of sulfonamides is 1. The molecule has 0 radical (unpaired) electrons. The maximum atomic E-state index is 11.7. The fourth-order valence-corrected chi connectivity index (χ4v) is 2.35. The minimum absolute atomic E-state index is 0.0315. The highest BCUT2D eigenvalue weighted by Crippen LogP contribution is 1.96. The SMILES string of the molecule is COCCC(CN)NS(=O)(=O)CCOC(C)C. The van der Waals surface area contributed by atoms with Crippen molar-refractivity contribution in [1.29, 1.82) is 0 Å². The van der Waals surface area contributed by atoms with E-state index in [1.165, 1.54) is 0 Å². The molecule has 0 saturated heterocycles. The first-order valence-corrected chi connectivity index (χ1v) is 7.37. The van der Waals surface area contributed by atoms with Crippen LogP contribution >= 0.6 is 0 Å². The van der Waals surface area contributed by atoms with E-state index < -0.39 is 10.0 Å². The molecular weight excluding hydrogens is 244 g/mol. The molecule has 0 aliphatic carbocycles. The fourth-order valence-electron chi connectivity index (χ4n) is 1.19. The predicted molar refractivity (Wildman–Crippen MR) is 67.3 cm³/mol. The Morgan fingerprint density at radius 1 is 1.29 bits per heavy atom. The normalized spacial score (nSPS) is 14.2. The highest BCUT2D eigenvalue weighted by atomic mass is 32.2. The fraction of sp³-hybridized carbons (Fsp3) is 1.00. The second-order valence-electron chi connectivity index (χ2n) is 4.07. The van der Waals surface area contributed by atoms with Crippen molar-refractivity contribution in [2.75, 3.05) is 32.6 Å². The van der Waals surface area contributed by atoms with E-state index in [9.17, 15) is 8.42 Å². The summed E-state index contributed by atoms with van der Waals surface area (Å²) in [4.78, 5) is 0. The lowest BCUT2D eigenvalue weighted by Gasteiger charge is -2.16. The standard InChI is InChI=1S/C10H24N2O4S/c1-9(2)16-6-7-17(13,14)12-10(8-11)4-5-15-3/h9-10,12H,4-8,11H2,1-3H3. The summed E-state index contributed by atoms with van der Waals surface area (Å²) in [6, 6.07) is -0.279. The molecule has 0 aromatic heterocycles. The van der Waals surface area contributed by atoms with Crippen LogP contribution in [0.2, 0.25) is 0 Å². The molecule has 1 atom stereocenters. The average molecular weight is 268 g/mol. The Hall–Kier alpha value is -0.210. The van der Waals surface area contributed by atoms with Gasteiger partial charge in [0.1, 0.15) is 0 Å². The predicted octanol–water partition coefficient (Wildman–Crippen LogP) is -0.305. The van der Waals surface area contributed by atoms with Crippen molar-refractivity contribution < 1.29 is 17.9 Å². The minimum atomic E-state index is -3.33. The summed E-state index contributed by atoms with van der Waals surface area (Å²) in [6.07, 6.45) is 0.598. The Labute approximate surface area is 104 Å². The second kappa shape index (κ2) is 8.82. The van der Waals surface area contributed by atoms with Gasteiger partial charge in [0.05, 0.1) is 18.5 Å². The number of ether oxygens (including phenoxy) is 2. The van der Waals surface area contributed by atoms with E-state index >= 15 is 0 Å².